The molecule has 1 aliphatic carbocycles. The van der Waals surface area contributed by atoms with E-state index in [0.717, 1.165) is 58.7 Å². The third kappa shape index (κ3) is 10.3. The fourth-order valence-electron chi connectivity index (χ4n) is 6.50. The summed E-state index contributed by atoms with van der Waals surface area (Å²) in [5.41, 5.74) is 6.49. The second-order valence-electron chi connectivity index (χ2n) is 13.8. The first-order chi connectivity index (χ1) is 25.8. The van der Waals surface area contributed by atoms with Crippen molar-refractivity contribution in [3.05, 3.63) is 120 Å². The van der Waals surface area contributed by atoms with Crippen LogP contribution in [0, 0.1) is 5.41 Å². The van der Waals surface area contributed by atoms with Crippen molar-refractivity contribution >= 4 is 23.6 Å². The van der Waals surface area contributed by atoms with Crippen LogP contribution in [0.2, 0.25) is 0 Å². The lowest BCUT2D eigenvalue weighted by atomic mass is 9.81. The molecule has 0 bridgehead atoms. The molecule has 10 nitrogen and oxygen atoms in total. The Morgan fingerprint density at radius 2 is 1.57 bits per heavy atom. The maximum Gasteiger partial charge on any atom is 0.256 e. The molecule has 2 aliphatic rings. The fraction of sp³-hybridized carbons (Fsp3) is 0.357. The maximum absolute atomic E-state index is 12.7. The number of aromatic nitrogens is 1. The molecular formula is C42H47N3O7S. The molecule has 0 saturated carbocycles. The topological polar surface area (TPSA) is 143 Å². The summed E-state index contributed by atoms with van der Waals surface area (Å²) in [7, 11) is 0. The number of benzene rings is 3. The number of allylic oxidation sites excluding steroid dienone is 2. The molecule has 0 spiro atoms. The van der Waals surface area contributed by atoms with Crippen LogP contribution in [-0.4, -0.2) is 45.3 Å². The van der Waals surface area contributed by atoms with E-state index in [2.05, 4.69) is 18.3 Å². The van der Waals surface area contributed by atoms with Gasteiger partial charge in [-0.25, -0.2) is 10.5 Å². The van der Waals surface area contributed by atoms with Crippen molar-refractivity contribution in [2.75, 3.05) is 5.75 Å². The zero-order valence-corrected chi connectivity index (χ0v) is 30.7. The molecule has 278 valence electrons. The van der Waals surface area contributed by atoms with Gasteiger partial charge in [-0.1, -0.05) is 129 Å². The molecule has 4 atom stereocenters. The highest BCUT2D eigenvalue weighted by atomic mass is 32.2. The lowest BCUT2D eigenvalue weighted by Gasteiger charge is -2.44. The van der Waals surface area contributed by atoms with E-state index in [1.54, 1.807) is 5.48 Å². The number of thioether (sulfide) groups is 1. The highest BCUT2D eigenvalue weighted by Crippen LogP contribution is 2.44. The molecule has 1 fully saturated rings. The zero-order valence-electron chi connectivity index (χ0n) is 29.9. The van der Waals surface area contributed by atoms with Crippen molar-refractivity contribution < 1.29 is 33.8 Å². The first-order valence-electron chi connectivity index (χ1n) is 18.2. The molecule has 1 aliphatic heterocycles. The molecule has 6 rings (SSSR count). The van der Waals surface area contributed by atoms with Crippen LogP contribution in [0.15, 0.2) is 118 Å². The summed E-state index contributed by atoms with van der Waals surface area (Å²) < 4.78 is 19.8. The van der Waals surface area contributed by atoms with E-state index in [0.29, 0.717) is 36.7 Å². The predicted molar refractivity (Wildman–Crippen MR) is 203 cm³/mol. The molecule has 1 saturated heterocycles. The molecule has 3 aromatic carbocycles. The van der Waals surface area contributed by atoms with E-state index in [4.69, 9.17) is 24.1 Å². The number of carbonyl (C=O) groups is 2. The Bertz CT molecular complexity index is 1810. The van der Waals surface area contributed by atoms with Crippen molar-refractivity contribution in [2.45, 2.75) is 88.6 Å². The number of hydrogen-bond acceptors (Lipinski definition) is 9. The van der Waals surface area contributed by atoms with Gasteiger partial charge in [-0.2, -0.15) is 0 Å². The van der Waals surface area contributed by atoms with E-state index < -0.39 is 17.6 Å². The van der Waals surface area contributed by atoms with E-state index in [1.165, 1.54) is 11.8 Å². The monoisotopic (exact) mass is 737 g/mol. The minimum atomic E-state index is -0.564. The number of nitrogens with zero attached hydrogens (tertiary/aromatic N) is 1. The SMILES string of the molecule is CC1([C@H]2O[C@@H](CSc3nc(-c4ccccc4)c(-c4ccccc4)o3)C[C@@H](c3ccc(CO)cc3)O2)C=CC(NC(=O)CCCCCCC(=O)NO)=CC1. The minimum absolute atomic E-state index is 0.0253. The molecule has 1 aromatic heterocycles. The summed E-state index contributed by atoms with van der Waals surface area (Å²) in [5, 5.41) is 21.8. The van der Waals surface area contributed by atoms with Gasteiger partial charge < -0.3 is 24.3 Å². The second kappa shape index (κ2) is 18.5. The number of nitrogens with one attached hydrogen (secondary N) is 2. The molecule has 4 N–H and O–H groups in total. The Morgan fingerprint density at radius 3 is 2.21 bits per heavy atom. The van der Waals surface area contributed by atoms with Crippen molar-refractivity contribution in [3.8, 4) is 22.6 Å². The molecule has 11 heteroatoms. The van der Waals surface area contributed by atoms with Crippen LogP contribution in [0.4, 0.5) is 0 Å². The Hall–Kier alpha value is -4.52. The van der Waals surface area contributed by atoms with Crippen molar-refractivity contribution in [1.29, 1.82) is 0 Å². The Balaban J connectivity index is 1.12. The molecule has 2 heterocycles. The van der Waals surface area contributed by atoms with Crippen LogP contribution in [0.25, 0.3) is 22.6 Å². The number of hydrogen-bond donors (Lipinski definition) is 4. The highest BCUT2D eigenvalue weighted by molar-refractivity contribution is 7.99. The van der Waals surface area contributed by atoms with Crippen LogP contribution in [0.5, 0.6) is 0 Å². The van der Waals surface area contributed by atoms with E-state index >= 15 is 0 Å². The minimum Gasteiger partial charge on any atom is -0.431 e. The van der Waals surface area contributed by atoms with Gasteiger partial charge in [-0.3, -0.25) is 14.8 Å². The Labute approximate surface area is 314 Å². The molecule has 53 heavy (non-hydrogen) atoms. The standard InChI is InChI=1S/C42H47N3O7S/c1-42(24-22-33(23-25-42)43-36(47)16-10-2-3-11-17-37(48)45-49)40-50-34(26-35(51-40)30-20-18-29(27-46)19-21-30)28-53-41-44-38(31-12-6-4-7-13-31)39(52-41)32-14-8-5-9-15-32/h4-9,12-15,18-24,34-35,40,46,49H,2-3,10-11,16-17,25-28H2,1H3,(H,43,47)(H,45,48)/t34-,35+,40+,42?/m1/s1. The van der Waals surface area contributed by atoms with Gasteiger partial charge in [-0.15, -0.1) is 0 Å². The molecule has 1 unspecified atom stereocenters. The number of ether oxygens (including phenoxy) is 2. The van der Waals surface area contributed by atoms with Gasteiger partial charge in [0.2, 0.25) is 11.8 Å². The van der Waals surface area contributed by atoms with E-state index in [9.17, 15) is 14.7 Å². The number of aliphatic hydroxyl groups is 1. The maximum atomic E-state index is 12.7. The average molecular weight is 738 g/mol. The lowest BCUT2D eigenvalue weighted by molar-refractivity contribution is -0.274. The summed E-state index contributed by atoms with van der Waals surface area (Å²) in [4.78, 5) is 28.8. The molecule has 2 amide bonds. The van der Waals surface area contributed by atoms with Crippen LogP contribution >= 0.6 is 11.8 Å². The quantitative estimate of drug-likeness (QED) is 0.0387. The summed E-state index contributed by atoms with van der Waals surface area (Å²) in [6.45, 7) is 2.08. The number of amides is 2. The van der Waals surface area contributed by atoms with Gasteiger partial charge in [-0.05, 0) is 36.5 Å². The summed E-state index contributed by atoms with van der Waals surface area (Å²) in [6.07, 6.45) is 9.97. The van der Waals surface area contributed by atoms with E-state index in [-0.39, 0.29) is 31.1 Å². The summed E-state index contributed by atoms with van der Waals surface area (Å²) >= 11 is 1.53. The number of carbonyl (C=O) groups excluding carboxylic acids is 2. The number of oxazole rings is 1. The van der Waals surface area contributed by atoms with Crippen LogP contribution in [0.3, 0.4) is 0 Å². The van der Waals surface area contributed by atoms with Crippen LogP contribution in [-0.2, 0) is 25.7 Å². The van der Waals surface area contributed by atoms with Crippen molar-refractivity contribution in [3.63, 3.8) is 0 Å². The Morgan fingerprint density at radius 1 is 0.887 bits per heavy atom. The van der Waals surface area contributed by atoms with Gasteiger partial charge in [0.05, 0.1) is 18.8 Å². The normalized spacial score (nSPS) is 21.2. The summed E-state index contributed by atoms with van der Waals surface area (Å²) in [6, 6.07) is 27.9. The third-order valence-corrected chi connectivity index (χ3v) is 10.6. The smallest absolute Gasteiger partial charge is 0.256 e. The van der Waals surface area contributed by atoms with Gasteiger partial charge in [0, 0.05) is 47.3 Å². The van der Waals surface area contributed by atoms with E-state index in [1.807, 2.05) is 97.1 Å². The molecule has 0 radical (unpaired) electrons. The number of aliphatic hydroxyl groups excluding tert-OH is 1. The third-order valence-electron chi connectivity index (χ3n) is 9.61. The van der Waals surface area contributed by atoms with Crippen molar-refractivity contribution in [2.24, 2.45) is 5.41 Å². The molecular weight excluding hydrogens is 691 g/mol. The number of rotatable bonds is 16. The highest BCUT2D eigenvalue weighted by Gasteiger charge is 2.42. The first kappa shape index (κ1) is 38.2. The van der Waals surface area contributed by atoms with Crippen LogP contribution in [0.1, 0.15) is 75.5 Å². The summed E-state index contributed by atoms with van der Waals surface area (Å²) in [5.74, 6) is 0.882. The zero-order chi connectivity index (χ0) is 37.0. The fourth-order valence-corrected chi connectivity index (χ4v) is 7.34. The average Bonchev–Trinajstić information content (AvgIpc) is 3.64. The van der Waals surface area contributed by atoms with Gasteiger partial charge in [0.1, 0.15) is 5.69 Å². The van der Waals surface area contributed by atoms with Gasteiger partial charge in [0.25, 0.3) is 5.22 Å². The van der Waals surface area contributed by atoms with Crippen LogP contribution < -0.4 is 10.8 Å². The number of hydroxylamine groups is 1. The van der Waals surface area contributed by atoms with Gasteiger partial charge >= 0.3 is 0 Å². The largest absolute Gasteiger partial charge is 0.431 e. The predicted octanol–water partition coefficient (Wildman–Crippen LogP) is 8.28. The molecule has 4 aromatic rings. The number of unbranched alkanes of at least 4 members (excludes halogenated alkanes) is 3. The Kier molecular flexibility index (Phi) is 13.3. The first-order valence-corrected chi connectivity index (χ1v) is 19.2. The van der Waals surface area contributed by atoms with Crippen molar-refractivity contribution in [1.82, 2.24) is 15.8 Å². The van der Waals surface area contributed by atoms with Gasteiger partial charge in [0.15, 0.2) is 12.1 Å². The lowest BCUT2D eigenvalue weighted by Crippen LogP contribution is -2.45. The second-order valence-corrected chi connectivity index (χ2v) is 14.7.